The molecule has 1 fully saturated rings. The molecule has 0 aliphatic heterocycles. The van der Waals surface area contributed by atoms with E-state index in [1.165, 1.54) is 32.1 Å². The van der Waals surface area contributed by atoms with Crippen LogP contribution >= 0.6 is 0 Å². The summed E-state index contributed by atoms with van der Waals surface area (Å²) in [6, 6.07) is 0.958. The standard InChI is InChI=1S/C13H21N3/c1-2-6-12(13-14-9-10-15-13)16-11-7-4-3-5-8-11/h2,9-12,16H,1,3-8H2,(H,14,15)/t12-/m1/s1. The van der Waals surface area contributed by atoms with Crippen LogP contribution in [-0.4, -0.2) is 16.0 Å². The van der Waals surface area contributed by atoms with Crippen molar-refractivity contribution in [1.29, 1.82) is 0 Å². The SMILES string of the molecule is C=CC[C@@H](NC1CCCCC1)c1ncc[nH]1. The number of H-pyrrole nitrogens is 1. The van der Waals surface area contributed by atoms with Crippen molar-refractivity contribution in [3.05, 3.63) is 30.9 Å². The molecule has 0 unspecified atom stereocenters. The third-order valence-electron chi connectivity index (χ3n) is 3.29. The van der Waals surface area contributed by atoms with Crippen LogP contribution in [0.25, 0.3) is 0 Å². The van der Waals surface area contributed by atoms with Crippen molar-refractivity contribution >= 4 is 0 Å². The molecule has 16 heavy (non-hydrogen) atoms. The van der Waals surface area contributed by atoms with Gasteiger partial charge in [-0.2, -0.15) is 0 Å². The maximum Gasteiger partial charge on any atom is 0.123 e. The summed E-state index contributed by atoms with van der Waals surface area (Å²) in [6.45, 7) is 3.82. The van der Waals surface area contributed by atoms with Crippen molar-refractivity contribution in [2.24, 2.45) is 0 Å². The highest BCUT2D eigenvalue weighted by Gasteiger charge is 2.19. The van der Waals surface area contributed by atoms with Crippen molar-refractivity contribution in [3.63, 3.8) is 0 Å². The van der Waals surface area contributed by atoms with Crippen LogP contribution in [0.1, 0.15) is 50.4 Å². The van der Waals surface area contributed by atoms with E-state index < -0.39 is 0 Å². The van der Waals surface area contributed by atoms with Gasteiger partial charge in [0.2, 0.25) is 0 Å². The van der Waals surface area contributed by atoms with Gasteiger partial charge < -0.3 is 10.3 Å². The Balaban J connectivity index is 1.94. The van der Waals surface area contributed by atoms with E-state index in [-0.39, 0.29) is 0 Å². The molecular formula is C13H21N3. The molecule has 1 atom stereocenters. The first-order valence-electron chi connectivity index (χ1n) is 6.26. The average Bonchev–Trinajstić information content (AvgIpc) is 2.83. The van der Waals surface area contributed by atoms with Gasteiger partial charge in [-0.25, -0.2) is 4.98 Å². The Labute approximate surface area is 97.4 Å². The first kappa shape index (κ1) is 11.4. The third kappa shape index (κ3) is 2.95. The fourth-order valence-electron chi connectivity index (χ4n) is 2.45. The molecule has 0 radical (unpaired) electrons. The van der Waals surface area contributed by atoms with Gasteiger partial charge in [-0.15, -0.1) is 6.58 Å². The van der Waals surface area contributed by atoms with Crippen LogP contribution in [0.4, 0.5) is 0 Å². The van der Waals surface area contributed by atoms with E-state index in [1.807, 2.05) is 18.5 Å². The number of hydrogen-bond acceptors (Lipinski definition) is 2. The number of imidazole rings is 1. The molecule has 1 aromatic rings. The summed E-state index contributed by atoms with van der Waals surface area (Å²) in [4.78, 5) is 7.53. The summed E-state index contributed by atoms with van der Waals surface area (Å²) >= 11 is 0. The minimum absolute atomic E-state index is 0.301. The van der Waals surface area contributed by atoms with Gasteiger partial charge >= 0.3 is 0 Å². The Bertz CT molecular complexity index is 299. The molecule has 0 aromatic carbocycles. The van der Waals surface area contributed by atoms with Crippen LogP contribution in [0.15, 0.2) is 25.0 Å². The summed E-state index contributed by atoms with van der Waals surface area (Å²) in [5.41, 5.74) is 0. The second-order valence-electron chi connectivity index (χ2n) is 4.55. The first-order valence-corrected chi connectivity index (χ1v) is 6.26. The number of hydrogen-bond donors (Lipinski definition) is 2. The fraction of sp³-hybridized carbons (Fsp3) is 0.615. The van der Waals surface area contributed by atoms with Crippen LogP contribution in [0.2, 0.25) is 0 Å². The summed E-state index contributed by atoms with van der Waals surface area (Å²) in [5, 5.41) is 3.69. The van der Waals surface area contributed by atoms with Gasteiger partial charge in [0.05, 0.1) is 6.04 Å². The molecule has 0 bridgehead atoms. The average molecular weight is 219 g/mol. The van der Waals surface area contributed by atoms with Gasteiger partial charge in [0, 0.05) is 18.4 Å². The molecule has 2 rings (SSSR count). The van der Waals surface area contributed by atoms with Crippen molar-refractivity contribution in [1.82, 2.24) is 15.3 Å². The van der Waals surface area contributed by atoms with Crippen LogP contribution in [0, 0.1) is 0 Å². The Morgan fingerprint density at radius 1 is 1.50 bits per heavy atom. The normalized spacial score (nSPS) is 19.5. The molecule has 88 valence electrons. The molecule has 2 N–H and O–H groups in total. The van der Waals surface area contributed by atoms with E-state index in [0.717, 1.165) is 12.2 Å². The van der Waals surface area contributed by atoms with Gasteiger partial charge in [-0.05, 0) is 19.3 Å². The zero-order valence-electron chi connectivity index (χ0n) is 9.78. The minimum atomic E-state index is 0.301. The van der Waals surface area contributed by atoms with E-state index >= 15 is 0 Å². The largest absolute Gasteiger partial charge is 0.347 e. The Kier molecular flexibility index (Phi) is 4.17. The van der Waals surface area contributed by atoms with E-state index in [4.69, 9.17) is 0 Å². The van der Waals surface area contributed by atoms with Crippen molar-refractivity contribution in [3.8, 4) is 0 Å². The molecule has 1 heterocycles. The lowest BCUT2D eigenvalue weighted by Gasteiger charge is -2.27. The summed E-state index contributed by atoms with van der Waals surface area (Å²) in [5.74, 6) is 1.03. The smallest absolute Gasteiger partial charge is 0.123 e. The van der Waals surface area contributed by atoms with Gasteiger partial charge in [-0.3, -0.25) is 0 Å². The van der Waals surface area contributed by atoms with Gasteiger partial charge in [-0.1, -0.05) is 25.3 Å². The predicted octanol–water partition coefficient (Wildman–Crippen LogP) is 2.95. The molecule has 3 nitrogen and oxygen atoms in total. The minimum Gasteiger partial charge on any atom is -0.347 e. The lowest BCUT2D eigenvalue weighted by atomic mass is 9.94. The van der Waals surface area contributed by atoms with Crippen LogP contribution in [0.3, 0.4) is 0 Å². The number of rotatable bonds is 5. The monoisotopic (exact) mass is 219 g/mol. The topological polar surface area (TPSA) is 40.7 Å². The molecule has 0 spiro atoms. The van der Waals surface area contributed by atoms with Gasteiger partial charge in [0.25, 0.3) is 0 Å². The number of aromatic nitrogens is 2. The van der Waals surface area contributed by atoms with E-state index in [9.17, 15) is 0 Å². The van der Waals surface area contributed by atoms with Crippen LogP contribution < -0.4 is 5.32 Å². The van der Waals surface area contributed by atoms with E-state index in [1.54, 1.807) is 0 Å². The molecule has 0 saturated heterocycles. The number of nitrogens with zero attached hydrogens (tertiary/aromatic N) is 1. The molecular weight excluding hydrogens is 198 g/mol. The molecule has 1 aliphatic carbocycles. The van der Waals surface area contributed by atoms with E-state index in [0.29, 0.717) is 12.1 Å². The first-order chi connectivity index (χ1) is 7.90. The second kappa shape index (κ2) is 5.85. The van der Waals surface area contributed by atoms with Crippen molar-refractivity contribution in [2.45, 2.75) is 50.6 Å². The number of nitrogens with one attached hydrogen (secondary N) is 2. The Morgan fingerprint density at radius 2 is 2.31 bits per heavy atom. The fourth-order valence-corrected chi connectivity index (χ4v) is 2.45. The Hall–Kier alpha value is -1.09. The van der Waals surface area contributed by atoms with Crippen LogP contribution in [-0.2, 0) is 0 Å². The lowest BCUT2D eigenvalue weighted by molar-refractivity contribution is 0.333. The van der Waals surface area contributed by atoms with Crippen molar-refractivity contribution in [2.75, 3.05) is 0 Å². The Morgan fingerprint density at radius 3 is 2.94 bits per heavy atom. The maximum absolute atomic E-state index is 4.33. The molecule has 1 aliphatic rings. The third-order valence-corrected chi connectivity index (χ3v) is 3.29. The maximum atomic E-state index is 4.33. The van der Waals surface area contributed by atoms with E-state index in [2.05, 4.69) is 21.9 Å². The lowest BCUT2D eigenvalue weighted by Crippen LogP contribution is -2.34. The highest BCUT2D eigenvalue weighted by atomic mass is 15.0. The van der Waals surface area contributed by atoms with Crippen molar-refractivity contribution < 1.29 is 0 Å². The summed E-state index contributed by atoms with van der Waals surface area (Å²) in [6.07, 6.45) is 13.3. The quantitative estimate of drug-likeness (QED) is 0.747. The predicted molar refractivity (Wildman–Crippen MR) is 66.2 cm³/mol. The summed E-state index contributed by atoms with van der Waals surface area (Å²) in [7, 11) is 0. The molecule has 1 saturated carbocycles. The molecule has 3 heteroatoms. The zero-order chi connectivity index (χ0) is 11.2. The second-order valence-corrected chi connectivity index (χ2v) is 4.55. The molecule has 1 aromatic heterocycles. The summed E-state index contributed by atoms with van der Waals surface area (Å²) < 4.78 is 0. The number of aromatic amines is 1. The van der Waals surface area contributed by atoms with Gasteiger partial charge in [0.1, 0.15) is 5.82 Å². The van der Waals surface area contributed by atoms with Gasteiger partial charge in [0.15, 0.2) is 0 Å². The molecule has 0 amide bonds. The van der Waals surface area contributed by atoms with Crippen LogP contribution in [0.5, 0.6) is 0 Å². The highest BCUT2D eigenvalue weighted by molar-refractivity contribution is 4.99. The highest BCUT2D eigenvalue weighted by Crippen LogP contribution is 2.22. The zero-order valence-corrected chi connectivity index (χ0v) is 9.78.